The number of pyridine rings is 1. The zero-order chi connectivity index (χ0) is 22.9. The minimum absolute atomic E-state index is 0.0290. The van der Waals surface area contributed by atoms with Crippen molar-refractivity contribution >= 4 is 33.7 Å². The summed E-state index contributed by atoms with van der Waals surface area (Å²) in [7, 11) is 0. The van der Waals surface area contributed by atoms with E-state index in [-0.39, 0.29) is 12.4 Å². The van der Waals surface area contributed by atoms with Crippen LogP contribution < -0.4 is 10.6 Å². The number of carbonyl (C=O) groups is 1. The summed E-state index contributed by atoms with van der Waals surface area (Å²) in [6.07, 6.45) is -0.768. The summed E-state index contributed by atoms with van der Waals surface area (Å²) in [5, 5.41) is 10.6. The Morgan fingerprint density at radius 2 is 1.72 bits per heavy atom. The van der Waals surface area contributed by atoms with Crippen LogP contribution in [0.1, 0.15) is 23.0 Å². The number of benzene rings is 2. The fourth-order valence-electron chi connectivity index (χ4n) is 3.38. The molecule has 4 rings (SSSR count). The van der Waals surface area contributed by atoms with E-state index in [4.69, 9.17) is 0 Å². The Morgan fingerprint density at radius 3 is 2.41 bits per heavy atom. The number of rotatable bonds is 5. The van der Waals surface area contributed by atoms with E-state index in [2.05, 4.69) is 20.7 Å². The number of alkyl halides is 3. The molecule has 10 heteroatoms. The zero-order valence-corrected chi connectivity index (χ0v) is 16.7. The molecule has 2 aromatic carbocycles. The number of hydrogen-bond donors (Lipinski definition) is 2. The van der Waals surface area contributed by atoms with Crippen LogP contribution in [-0.4, -0.2) is 20.7 Å². The van der Waals surface area contributed by atoms with Gasteiger partial charge in [-0.25, -0.2) is 4.39 Å². The van der Waals surface area contributed by atoms with Crippen molar-refractivity contribution in [2.45, 2.75) is 19.6 Å². The van der Waals surface area contributed by atoms with Crippen molar-refractivity contribution in [2.24, 2.45) is 0 Å². The highest BCUT2D eigenvalue weighted by molar-refractivity contribution is 6.11. The number of amides is 1. The summed E-state index contributed by atoms with van der Waals surface area (Å²) in [5.74, 6) is -1.30. The van der Waals surface area contributed by atoms with Crippen LogP contribution in [0.3, 0.4) is 0 Å². The summed E-state index contributed by atoms with van der Waals surface area (Å²) in [4.78, 5) is 16.8. The number of aryl methyl sites for hydroxylation is 1. The van der Waals surface area contributed by atoms with E-state index >= 15 is 0 Å². The zero-order valence-electron chi connectivity index (χ0n) is 16.7. The van der Waals surface area contributed by atoms with E-state index in [1.165, 1.54) is 25.3 Å². The summed E-state index contributed by atoms with van der Waals surface area (Å²) in [6.45, 7) is 1.48. The average molecular weight is 443 g/mol. The van der Waals surface area contributed by atoms with Crippen molar-refractivity contribution in [3.05, 3.63) is 78.1 Å². The Bertz CT molecular complexity index is 1280. The van der Waals surface area contributed by atoms with Gasteiger partial charge >= 0.3 is 6.18 Å². The first-order valence-electron chi connectivity index (χ1n) is 9.61. The summed E-state index contributed by atoms with van der Waals surface area (Å²) < 4.78 is 54.4. The molecule has 0 saturated heterocycles. The van der Waals surface area contributed by atoms with Crippen LogP contribution in [0.15, 0.2) is 61.1 Å². The molecule has 0 aliphatic carbocycles. The molecule has 6 nitrogen and oxygen atoms in total. The summed E-state index contributed by atoms with van der Waals surface area (Å²) in [6, 6.07) is 10.7. The van der Waals surface area contributed by atoms with Gasteiger partial charge in [-0.1, -0.05) is 0 Å². The van der Waals surface area contributed by atoms with Gasteiger partial charge in [0.2, 0.25) is 0 Å². The predicted octanol–water partition coefficient (Wildman–Crippen LogP) is 5.61. The van der Waals surface area contributed by atoms with Crippen molar-refractivity contribution in [1.82, 2.24) is 14.8 Å². The second-order valence-electron chi connectivity index (χ2n) is 6.89. The fourth-order valence-corrected chi connectivity index (χ4v) is 3.38. The van der Waals surface area contributed by atoms with Gasteiger partial charge in [-0.05, 0) is 49.4 Å². The molecule has 0 unspecified atom stereocenters. The van der Waals surface area contributed by atoms with Crippen LogP contribution in [0, 0.1) is 5.82 Å². The number of anilines is 3. The molecule has 0 radical (unpaired) electrons. The van der Waals surface area contributed by atoms with Gasteiger partial charge < -0.3 is 10.6 Å². The molecule has 0 bridgehead atoms. The quantitative estimate of drug-likeness (QED) is 0.394. The Hall–Kier alpha value is -3.95. The Labute approximate surface area is 179 Å². The minimum atomic E-state index is -4.73. The van der Waals surface area contributed by atoms with E-state index < -0.39 is 23.3 Å². The molecule has 0 atom stereocenters. The first-order chi connectivity index (χ1) is 15.3. The first-order valence-corrected chi connectivity index (χ1v) is 9.61. The SMILES string of the molecule is CCn1ncc(C(=O)Nc2ccc(Nc3ccc(F)cc3)c3ccncc23)c1C(F)(F)F. The number of halogens is 4. The van der Waals surface area contributed by atoms with Gasteiger partial charge in [0.1, 0.15) is 5.82 Å². The Balaban J connectivity index is 1.69. The fraction of sp³-hybridized carbons (Fsp3) is 0.136. The maximum absolute atomic E-state index is 13.5. The third kappa shape index (κ3) is 4.11. The third-order valence-corrected chi connectivity index (χ3v) is 4.84. The predicted molar refractivity (Wildman–Crippen MR) is 112 cm³/mol. The maximum atomic E-state index is 13.5. The molecular formula is C22H17F4N5O. The van der Waals surface area contributed by atoms with Gasteiger partial charge in [0.25, 0.3) is 5.91 Å². The van der Waals surface area contributed by atoms with Gasteiger partial charge in [0, 0.05) is 41.1 Å². The van der Waals surface area contributed by atoms with Crippen LogP contribution in [0.4, 0.5) is 34.6 Å². The van der Waals surface area contributed by atoms with E-state index in [0.717, 1.165) is 10.9 Å². The van der Waals surface area contributed by atoms with Crippen LogP contribution in [-0.2, 0) is 12.7 Å². The Kier molecular flexibility index (Phi) is 5.52. The number of nitrogens with zero attached hydrogens (tertiary/aromatic N) is 3. The lowest BCUT2D eigenvalue weighted by atomic mass is 10.1. The minimum Gasteiger partial charge on any atom is -0.355 e. The first kappa shape index (κ1) is 21.3. The molecule has 0 fully saturated rings. The van der Waals surface area contributed by atoms with Crippen LogP contribution in [0.25, 0.3) is 10.8 Å². The maximum Gasteiger partial charge on any atom is 0.433 e. The smallest absolute Gasteiger partial charge is 0.355 e. The highest BCUT2D eigenvalue weighted by Crippen LogP contribution is 2.34. The van der Waals surface area contributed by atoms with E-state index in [1.54, 1.807) is 36.5 Å². The topological polar surface area (TPSA) is 71.8 Å². The Morgan fingerprint density at radius 1 is 1.00 bits per heavy atom. The highest BCUT2D eigenvalue weighted by atomic mass is 19.4. The lowest BCUT2D eigenvalue weighted by molar-refractivity contribution is -0.144. The molecule has 164 valence electrons. The highest BCUT2D eigenvalue weighted by Gasteiger charge is 2.39. The molecule has 4 aromatic rings. The largest absolute Gasteiger partial charge is 0.433 e. The van der Waals surface area contributed by atoms with E-state index in [9.17, 15) is 22.4 Å². The van der Waals surface area contributed by atoms with Crippen molar-refractivity contribution in [3.8, 4) is 0 Å². The molecule has 0 spiro atoms. The van der Waals surface area contributed by atoms with Gasteiger partial charge in [0.15, 0.2) is 5.69 Å². The monoisotopic (exact) mass is 443 g/mol. The van der Waals surface area contributed by atoms with E-state index in [0.29, 0.717) is 27.8 Å². The van der Waals surface area contributed by atoms with E-state index in [1.807, 2.05) is 0 Å². The number of hydrogen-bond acceptors (Lipinski definition) is 4. The molecule has 0 aliphatic heterocycles. The normalized spacial score (nSPS) is 11.5. The number of carbonyl (C=O) groups excluding carboxylic acids is 1. The molecule has 0 saturated carbocycles. The second kappa shape index (κ2) is 8.29. The van der Waals surface area contributed by atoms with Crippen LogP contribution in [0.2, 0.25) is 0 Å². The van der Waals surface area contributed by atoms with Gasteiger partial charge in [-0.3, -0.25) is 14.5 Å². The van der Waals surface area contributed by atoms with Crippen molar-refractivity contribution in [2.75, 3.05) is 10.6 Å². The molecule has 2 N–H and O–H groups in total. The summed E-state index contributed by atoms with van der Waals surface area (Å²) >= 11 is 0. The standard InChI is InChI=1S/C22H17F4N5O/c1-2-31-20(22(24,25)26)17(12-28-31)21(32)30-19-8-7-18(15-9-10-27-11-16(15)19)29-14-5-3-13(23)4-6-14/h3-12,29H,2H2,1H3,(H,30,32). The number of aromatic nitrogens is 3. The van der Waals surface area contributed by atoms with Crippen LogP contribution >= 0.6 is 0 Å². The number of fused-ring (bicyclic) bond motifs is 1. The molecular weight excluding hydrogens is 426 g/mol. The van der Waals surface area contributed by atoms with Crippen molar-refractivity contribution in [3.63, 3.8) is 0 Å². The molecule has 2 aromatic heterocycles. The van der Waals surface area contributed by atoms with Gasteiger partial charge in [-0.15, -0.1) is 0 Å². The van der Waals surface area contributed by atoms with Crippen molar-refractivity contribution in [1.29, 1.82) is 0 Å². The molecule has 32 heavy (non-hydrogen) atoms. The van der Waals surface area contributed by atoms with Gasteiger partial charge in [0.05, 0.1) is 17.4 Å². The number of nitrogens with one attached hydrogen (secondary N) is 2. The molecule has 1 amide bonds. The lowest BCUT2D eigenvalue weighted by Crippen LogP contribution is -2.21. The second-order valence-corrected chi connectivity index (χ2v) is 6.89. The lowest BCUT2D eigenvalue weighted by Gasteiger charge is -2.15. The third-order valence-electron chi connectivity index (χ3n) is 4.84. The summed E-state index contributed by atoms with van der Waals surface area (Å²) in [5.41, 5.74) is -0.0792. The van der Waals surface area contributed by atoms with Crippen molar-refractivity contribution < 1.29 is 22.4 Å². The molecule has 2 heterocycles. The van der Waals surface area contributed by atoms with Gasteiger partial charge in [-0.2, -0.15) is 18.3 Å². The van der Waals surface area contributed by atoms with Crippen LogP contribution in [0.5, 0.6) is 0 Å². The average Bonchev–Trinajstić information content (AvgIpc) is 3.22. The molecule has 0 aliphatic rings.